The van der Waals surface area contributed by atoms with Gasteiger partial charge < -0.3 is 4.74 Å². The van der Waals surface area contributed by atoms with E-state index in [2.05, 4.69) is 17.3 Å². The van der Waals surface area contributed by atoms with Gasteiger partial charge >= 0.3 is 0 Å². The predicted molar refractivity (Wildman–Crippen MR) is 121 cm³/mol. The molecule has 7 rings (SSSR count). The smallest absolute Gasteiger partial charge is 0.254 e. The van der Waals surface area contributed by atoms with Gasteiger partial charge in [0.1, 0.15) is 12.4 Å². The van der Waals surface area contributed by atoms with Crippen LogP contribution < -0.4 is 4.74 Å². The number of hydrazone groups is 1. The van der Waals surface area contributed by atoms with Gasteiger partial charge in [-0.1, -0.05) is 53.6 Å². The van der Waals surface area contributed by atoms with Crippen molar-refractivity contribution in [1.29, 1.82) is 0 Å². The van der Waals surface area contributed by atoms with Crippen LogP contribution >= 0.6 is 23.2 Å². The van der Waals surface area contributed by atoms with Crippen molar-refractivity contribution in [3.8, 4) is 5.75 Å². The van der Waals surface area contributed by atoms with Crippen molar-refractivity contribution < 1.29 is 14.3 Å². The number of ether oxygens (including phenoxy) is 1. The molecule has 0 spiro atoms. The molecule has 5 nitrogen and oxygen atoms in total. The van der Waals surface area contributed by atoms with E-state index in [1.54, 1.807) is 12.1 Å². The maximum atomic E-state index is 13.1. The monoisotopic (exact) mass is 466 g/mol. The Hall–Kier alpha value is -2.63. The molecule has 7 heteroatoms. The van der Waals surface area contributed by atoms with E-state index in [9.17, 15) is 9.59 Å². The standard InChI is InChI=1S/C25H20Cl2N2O3/c26-15-6-5-14(20(27)9-15)12-32-21-4-2-1-3-13(21)11-28-29-24(30)22-16-7-8-17(19-10-18(16)19)23(22)25(29)31/h1-9,11,16-19,22-23H,10,12H2/b28-11-/t16-,17-,18-,19+,22+,23+/m0/s1. The molecule has 3 fully saturated rings. The number of para-hydroxylation sites is 1. The van der Waals surface area contributed by atoms with Crippen LogP contribution in [0.15, 0.2) is 59.7 Å². The third-order valence-electron chi connectivity index (χ3n) is 7.27. The van der Waals surface area contributed by atoms with E-state index in [0.717, 1.165) is 17.0 Å². The maximum absolute atomic E-state index is 13.1. The average molecular weight is 467 g/mol. The lowest BCUT2D eigenvalue weighted by molar-refractivity contribution is -0.140. The quantitative estimate of drug-likeness (QED) is 0.355. The minimum atomic E-state index is -0.253. The van der Waals surface area contributed by atoms with Crippen molar-refractivity contribution in [3.63, 3.8) is 0 Å². The Morgan fingerprint density at radius 1 is 1.00 bits per heavy atom. The second-order valence-corrected chi connectivity index (χ2v) is 9.79. The lowest BCUT2D eigenvalue weighted by Gasteiger charge is -2.37. The molecule has 2 aromatic rings. The fraction of sp³-hybridized carbons (Fsp3) is 0.320. The zero-order valence-electron chi connectivity index (χ0n) is 17.0. The number of carbonyl (C=O) groups is 2. The summed E-state index contributed by atoms with van der Waals surface area (Å²) in [6.45, 7) is 0.254. The molecule has 0 radical (unpaired) electrons. The van der Waals surface area contributed by atoms with Crippen molar-refractivity contribution in [3.05, 3.63) is 75.8 Å². The Morgan fingerprint density at radius 3 is 2.38 bits per heavy atom. The summed E-state index contributed by atoms with van der Waals surface area (Å²) in [5.41, 5.74) is 1.48. The summed E-state index contributed by atoms with van der Waals surface area (Å²) in [6, 6.07) is 12.6. The van der Waals surface area contributed by atoms with Crippen LogP contribution in [0.5, 0.6) is 5.75 Å². The number of benzene rings is 2. The van der Waals surface area contributed by atoms with Gasteiger partial charge in [0, 0.05) is 21.2 Å². The van der Waals surface area contributed by atoms with E-state index in [4.69, 9.17) is 27.9 Å². The van der Waals surface area contributed by atoms with E-state index >= 15 is 0 Å². The number of hydrogen-bond donors (Lipinski definition) is 0. The second-order valence-electron chi connectivity index (χ2n) is 8.95. The summed E-state index contributed by atoms with van der Waals surface area (Å²) in [6.07, 6.45) is 6.98. The zero-order chi connectivity index (χ0) is 22.0. The van der Waals surface area contributed by atoms with Crippen LogP contribution in [0.2, 0.25) is 10.0 Å². The first-order valence-electron chi connectivity index (χ1n) is 10.8. The third-order valence-corrected chi connectivity index (χ3v) is 7.86. The maximum Gasteiger partial charge on any atom is 0.254 e. The summed E-state index contributed by atoms with van der Waals surface area (Å²) in [7, 11) is 0. The second kappa shape index (κ2) is 7.46. The molecule has 0 unspecified atom stereocenters. The molecule has 0 aromatic heterocycles. The summed E-state index contributed by atoms with van der Waals surface area (Å²) in [4.78, 5) is 26.2. The van der Waals surface area contributed by atoms with E-state index in [-0.39, 0.29) is 42.1 Å². The van der Waals surface area contributed by atoms with Gasteiger partial charge in [0.15, 0.2) is 0 Å². The molecule has 0 N–H and O–H groups in total. The first-order chi connectivity index (χ1) is 15.5. The number of allylic oxidation sites excluding steroid dienone is 2. The van der Waals surface area contributed by atoms with Crippen molar-refractivity contribution in [1.82, 2.24) is 5.01 Å². The fourth-order valence-electron chi connectivity index (χ4n) is 5.69. The van der Waals surface area contributed by atoms with E-state index in [1.165, 1.54) is 6.21 Å². The van der Waals surface area contributed by atoms with Crippen molar-refractivity contribution in [2.45, 2.75) is 13.0 Å². The summed E-state index contributed by atoms with van der Waals surface area (Å²) < 4.78 is 5.95. The molecule has 4 aliphatic carbocycles. The fourth-order valence-corrected chi connectivity index (χ4v) is 6.15. The van der Waals surface area contributed by atoms with Crippen LogP contribution in [0.3, 0.4) is 0 Å². The topological polar surface area (TPSA) is 59.0 Å². The first-order valence-corrected chi connectivity index (χ1v) is 11.5. The van der Waals surface area contributed by atoms with Crippen LogP contribution in [0, 0.1) is 35.5 Å². The molecule has 32 heavy (non-hydrogen) atoms. The third kappa shape index (κ3) is 3.10. The van der Waals surface area contributed by atoms with Gasteiger partial charge in [-0.15, -0.1) is 0 Å². The minimum Gasteiger partial charge on any atom is -0.488 e. The SMILES string of the molecule is O=C1[C@@H]2[C@H]3C=C[C@@H]([C@@H]4C[C@H]34)[C@H]2C(=O)N1/N=C\c1ccccc1OCc1ccc(Cl)cc1Cl. The molecule has 5 aliphatic rings. The normalized spacial score (nSPS) is 31.9. The van der Waals surface area contributed by atoms with Crippen LogP contribution in [0.25, 0.3) is 0 Å². The van der Waals surface area contributed by atoms with Gasteiger partial charge in [-0.25, -0.2) is 0 Å². The summed E-state index contributed by atoms with van der Waals surface area (Å²) in [5, 5.41) is 6.49. The molecule has 162 valence electrons. The Kier molecular flexibility index (Phi) is 4.67. The molecule has 2 amide bonds. The Labute approximate surface area is 195 Å². The summed E-state index contributed by atoms with van der Waals surface area (Å²) >= 11 is 12.2. The average Bonchev–Trinajstić information content (AvgIpc) is 3.57. The number of carbonyl (C=O) groups excluding carboxylic acids is 2. The van der Waals surface area contributed by atoms with Gasteiger partial charge in [-0.2, -0.15) is 10.1 Å². The van der Waals surface area contributed by atoms with Gasteiger partial charge in [0.05, 0.1) is 18.1 Å². The highest BCUT2D eigenvalue weighted by Crippen LogP contribution is 2.65. The zero-order valence-corrected chi connectivity index (χ0v) is 18.5. The first kappa shape index (κ1) is 20.0. The number of hydrogen-bond acceptors (Lipinski definition) is 4. The van der Waals surface area contributed by atoms with Crippen LogP contribution in [0.4, 0.5) is 0 Å². The lowest BCUT2D eigenvalue weighted by atomic mass is 9.63. The van der Waals surface area contributed by atoms with Crippen molar-refractivity contribution in [2.24, 2.45) is 40.6 Å². The van der Waals surface area contributed by atoms with Gasteiger partial charge in [-0.3, -0.25) is 9.59 Å². The Balaban J connectivity index is 1.21. The highest BCUT2D eigenvalue weighted by Gasteiger charge is 2.67. The molecule has 2 aromatic carbocycles. The van der Waals surface area contributed by atoms with E-state index in [0.29, 0.717) is 33.2 Å². The largest absolute Gasteiger partial charge is 0.488 e. The summed E-state index contributed by atoms with van der Waals surface area (Å²) in [5.74, 6) is 1.24. The molecule has 6 atom stereocenters. The lowest BCUT2D eigenvalue weighted by Crippen LogP contribution is -2.40. The number of amides is 2. The van der Waals surface area contributed by atoms with Gasteiger partial charge in [0.2, 0.25) is 0 Å². The van der Waals surface area contributed by atoms with Gasteiger partial charge in [-0.05, 0) is 54.4 Å². The predicted octanol–water partition coefficient (Wildman–Crippen LogP) is 4.96. The minimum absolute atomic E-state index is 0.174. The molecule has 1 heterocycles. The molecule has 1 saturated heterocycles. The van der Waals surface area contributed by atoms with Crippen molar-refractivity contribution >= 4 is 41.2 Å². The van der Waals surface area contributed by atoms with Gasteiger partial charge in [0.25, 0.3) is 11.8 Å². The van der Waals surface area contributed by atoms with Crippen molar-refractivity contribution in [2.75, 3.05) is 0 Å². The number of rotatable bonds is 5. The number of nitrogens with zero attached hydrogens (tertiary/aromatic N) is 2. The highest BCUT2D eigenvalue weighted by atomic mass is 35.5. The molecular formula is C25H20Cl2N2O3. The Bertz CT molecular complexity index is 1160. The van der Waals surface area contributed by atoms with E-state index < -0.39 is 0 Å². The molecular weight excluding hydrogens is 447 g/mol. The highest BCUT2D eigenvalue weighted by molar-refractivity contribution is 6.35. The molecule has 2 bridgehead atoms. The molecule has 2 saturated carbocycles. The van der Waals surface area contributed by atoms with Crippen LogP contribution in [-0.4, -0.2) is 23.0 Å². The molecule has 1 aliphatic heterocycles. The van der Waals surface area contributed by atoms with Crippen LogP contribution in [0.1, 0.15) is 17.5 Å². The Morgan fingerprint density at radius 2 is 1.69 bits per heavy atom. The van der Waals surface area contributed by atoms with E-state index in [1.807, 2.05) is 30.3 Å². The number of imide groups is 1. The van der Waals surface area contributed by atoms with Crippen LogP contribution in [-0.2, 0) is 16.2 Å². The number of halogens is 2.